The number of nitrogens with one attached hydrogen (secondary N) is 4. The molecule has 1 aliphatic heterocycles. The summed E-state index contributed by atoms with van der Waals surface area (Å²) in [7, 11) is -14.4. The maximum absolute atomic E-state index is 13.5. The zero-order valence-corrected chi connectivity index (χ0v) is 73.4. The normalized spacial score (nSPS) is 13.9. The number of benzene rings is 6. The molecule has 37 nitrogen and oxygen atoms in total. The average Bonchev–Trinajstić information content (AvgIpc) is 0.739. The Kier molecular flexibility index (Phi) is 29.7. The molecule has 0 amide bonds. The molecule has 9 aromatic rings. The molecule has 3 aromatic heterocycles. The number of carbonyl (C=O) groups excluding carboxylic acids is 6. The number of nitrogens with two attached hydrogens (primary N) is 3. The molecule has 0 radical (unpaired) electrons. The number of halogens is 3. The Balaban J connectivity index is 0.000000182. The molecule has 1 fully saturated rings. The summed E-state index contributed by atoms with van der Waals surface area (Å²) in [6.07, 6.45) is 6.24. The summed E-state index contributed by atoms with van der Waals surface area (Å²) in [5.41, 5.74) is 15.5. The van der Waals surface area contributed by atoms with E-state index < -0.39 is 113 Å². The zero-order chi connectivity index (χ0) is 91.0. The highest BCUT2D eigenvalue weighted by molar-refractivity contribution is 7.86. The van der Waals surface area contributed by atoms with Crippen LogP contribution in [0.1, 0.15) is 193 Å². The number of anilines is 9. The summed E-state index contributed by atoms with van der Waals surface area (Å²) in [4.78, 5) is 121. The average molecular weight is 1840 g/mol. The third-order valence-electron chi connectivity index (χ3n) is 21.1. The molecule has 4 aliphatic rings. The molecule has 16 N–H and O–H groups in total. The van der Waals surface area contributed by atoms with Crippen LogP contribution in [0.3, 0.4) is 0 Å². The van der Waals surface area contributed by atoms with Gasteiger partial charge in [0.2, 0.25) is 33.7 Å². The first kappa shape index (κ1) is 94.7. The van der Waals surface area contributed by atoms with E-state index in [1.807, 2.05) is 41.5 Å². The number of aryl methyl sites for hydroxylation is 3. The van der Waals surface area contributed by atoms with E-state index in [0.717, 1.165) is 44.1 Å². The van der Waals surface area contributed by atoms with Gasteiger partial charge < -0.3 is 68.3 Å². The van der Waals surface area contributed by atoms with Gasteiger partial charge in [0.15, 0.2) is 34.7 Å². The fourth-order valence-corrected chi connectivity index (χ4v) is 16.9. The van der Waals surface area contributed by atoms with Crippen molar-refractivity contribution in [3.63, 3.8) is 0 Å². The van der Waals surface area contributed by atoms with E-state index in [4.69, 9.17) is 61.8 Å². The van der Waals surface area contributed by atoms with Crippen molar-refractivity contribution in [3.05, 3.63) is 191 Å². The lowest BCUT2D eigenvalue weighted by Gasteiger charge is -2.29. The minimum atomic E-state index is -4.83. The minimum absolute atomic E-state index is 0.0180. The van der Waals surface area contributed by atoms with Crippen LogP contribution in [0.25, 0.3) is 0 Å². The highest BCUT2D eigenvalue weighted by Crippen LogP contribution is 2.44. The first-order valence-electron chi connectivity index (χ1n) is 39.4. The number of aliphatic hydroxyl groups is 3. The number of aliphatic hydroxyl groups excluding tert-OH is 3. The van der Waals surface area contributed by atoms with E-state index >= 15 is 0 Å². The molecule has 0 saturated carbocycles. The molecule has 13 rings (SSSR count). The van der Waals surface area contributed by atoms with E-state index in [1.165, 1.54) is 42.8 Å². The van der Waals surface area contributed by atoms with E-state index in [9.17, 15) is 77.9 Å². The SMILES string of the molecule is CC(C)(CCc1nc(Cl)nc(N(CCO)CCO)n1)CNc1cc(S(=O)(=O)O)c(N)c2c1C(=O)c1ccccc1C2=O.CC(C)(CCc1nc(Cl)nc(N2CCCCC2)n1)CNc1cc(S(=O)(=O)O)c(N)c2c1C(=O)c1ccccc1C2=O.CC(C)(CCc1nc(Cl)nc(NCCOCCO)n1)CNc1cc(S(=O)(=O)O)c(N)c2c1C(=O)c1ccccc1C2=O. The highest BCUT2D eigenvalue weighted by Gasteiger charge is 2.41. The van der Waals surface area contributed by atoms with Gasteiger partial charge in [-0.15, -0.1) is 0 Å². The van der Waals surface area contributed by atoms with Crippen LogP contribution in [0.4, 0.5) is 52.0 Å². The molecule has 0 atom stereocenters. The minimum Gasteiger partial charge on any atom is -0.397 e. The smallest absolute Gasteiger partial charge is 0.296 e. The van der Waals surface area contributed by atoms with E-state index in [0.29, 0.717) is 75.1 Å². The summed E-state index contributed by atoms with van der Waals surface area (Å²) >= 11 is 18.4. The summed E-state index contributed by atoms with van der Waals surface area (Å²) in [6, 6.07) is 21.9. The van der Waals surface area contributed by atoms with Crippen molar-refractivity contribution in [1.29, 1.82) is 0 Å². The molecule has 0 bridgehead atoms. The third kappa shape index (κ3) is 22.5. The van der Waals surface area contributed by atoms with Gasteiger partial charge in [0.1, 0.15) is 32.2 Å². The van der Waals surface area contributed by atoms with Crippen LogP contribution in [0.2, 0.25) is 15.9 Å². The Labute approximate surface area is 734 Å². The maximum atomic E-state index is 13.5. The van der Waals surface area contributed by atoms with E-state index in [1.54, 1.807) is 41.3 Å². The Hall–Kier alpha value is -11.0. The molecule has 6 aromatic carbocycles. The van der Waals surface area contributed by atoms with Crippen molar-refractivity contribution in [3.8, 4) is 0 Å². The van der Waals surface area contributed by atoms with Crippen LogP contribution in [0.15, 0.2) is 106 Å². The first-order valence-corrected chi connectivity index (χ1v) is 44.8. The van der Waals surface area contributed by atoms with Gasteiger partial charge in [-0.25, -0.2) is 15.0 Å². The number of piperidine rings is 1. The number of aromatic nitrogens is 9. The number of nitrogens with zero attached hydrogens (tertiary/aromatic N) is 11. The molecule has 1 saturated heterocycles. The van der Waals surface area contributed by atoms with E-state index in [2.05, 4.69) is 71.0 Å². The van der Waals surface area contributed by atoms with Crippen LogP contribution in [-0.4, -0.2) is 219 Å². The lowest BCUT2D eigenvalue weighted by Crippen LogP contribution is -2.32. The first-order chi connectivity index (χ1) is 58.9. The number of fused-ring (bicyclic) bond motifs is 6. The standard InChI is InChI=1S/C28H31ClN6O5S.2C27H31ClN6O7S/c1-28(2,11-10-20-32-26(29)34-27(33-20)35-12-6-3-7-13-35)15-31-18-14-19(41(38,39)40)23(30)22-21(18)24(36)16-8-4-5-9-17(16)25(22)37;1-27(2,8-7-19-31-25(28)33-26(32-19)34(9-11-35)10-12-36)14-30-17-13-18(42(39,40)41)22(29)21-20(17)23(37)15-5-3-4-6-16(15)24(21)38;1-27(2,8-7-19-32-25(28)34-26(33-19)30-9-11-41-12-10-35)14-31-17-13-18(42(38,39)40)22(29)21-20(17)23(36)15-5-3-4-6-16(15)24(21)37/h4-5,8-9,14,31H,3,6-7,10-13,15,30H2,1-2H3,(H,38,39,40);3-6,13,30,35-36H,7-12,14,29H2,1-2H3,(H,39,40,41);3-6,13,31,35H,7-12,14,29H2,1-2H3,(H,38,39,40)(H,30,32,33,34). The van der Waals surface area contributed by atoms with E-state index in [-0.39, 0.29) is 171 Å². The van der Waals surface area contributed by atoms with Gasteiger partial charge in [-0.3, -0.25) is 42.4 Å². The van der Waals surface area contributed by atoms with Crippen LogP contribution in [0, 0.1) is 16.2 Å². The van der Waals surface area contributed by atoms with Gasteiger partial charge in [0.05, 0.1) is 83.5 Å². The summed E-state index contributed by atoms with van der Waals surface area (Å²) in [5, 5.41) is 39.9. The number of nitrogen functional groups attached to an aromatic ring is 3. The van der Waals surface area contributed by atoms with Crippen molar-refractivity contribution in [2.24, 2.45) is 16.2 Å². The highest BCUT2D eigenvalue weighted by atomic mass is 35.5. The van der Waals surface area contributed by atoms with Gasteiger partial charge in [0, 0.05) is 122 Å². The quantitative estimate of drug-likeness (QED) is 0.0104. The van der Waals surface area contributed by atoms with Gasteiger partial charge in [-0.1, -0.05) is 114 Å². The Morgan fingerprint density at radius 2 is 0.752 bits per heavy atom. The molecule has 0 spiro atoms. The van der Waals surface area contributed by atoms with Gasteiger partial charge in [-0.05, 0) is 108 Å². The lowest BCUT2D eigenvalue weighted by molar-refractivity contribution is 0.0980. The summed E-state index contributed by atoms with van der Waals surface area (Å²) in [5.74, 6) is -0.807. The van der Waals surface area contributed by atoms with Crippen molar-refractivity contribution < 1.29 is 87.7 Å². The zero-order valence-electron chi connectivity index (χ0n) is 68.7. The van der Waals surface area contributed by atoms with Crippen LogP contribution < -0.4 is 48.3 Å². The molecule has 664 valence electrons. The van der Waals surface area contributed by atoms with Crippen molar-refractivity contribution in [2.45, 2.75) is 114 Å². The molecular formula is C82H93Cl3N18O19S3. The number of rotatable bonds is 33. The summed E-state index contributed by atoms with van der Waals surface area (Å²) < 4.78 is 108. The Bertz CT molecular complexity index is 6080. The second kappa shape index (κ2) is 39.3. The van der Waals surface area contributed by atoms with Crippen molar-refractivity contribution in [2.75, 3.05) is 134 Å². The molecule has 125 heavy (non-hydrogen) atoms. The molecular weight excluding hydrogens is 1740 g/mol. The van der Waals surface area contributed by atoms with Gasteiger partial charge >= 0.3 is 0 Å². The number of hydrogen-bond donors (Lipinski definition) is 13. The Morgan fingerprint density at radius 1 is 0.424 bits per heavy atom. The molecule has 4 heterocycles. The van der Waals surface area contributed by atoms with Crippen LogP contribution in [0.5, 0.6) is 0 Å². The molecule has 43 heteroatoms. The van der Waals surface area contributed by atoms with Crippen LogP contribution in [-0.2, 0) is 54.4 Å². The second-order valence-corrected chi connectivity index (χ2v) is 37.3. The van der Waals surface area contributed by atoms with Crippen LogP contribution >= 0.6 is 34.8 Å². The summed E-state index contributed by atoms with van der Waals surface area (Å²) in [6.45, 7) is 15.1. The number of ketones is 6. The predicted molar refractivity (Wildman–Crippen MR) is 467 cm³/mol. The van der Waals surface area contributed by atoms with Gasteiger partial charge in [-0.2, -0.15) is 55.2 Å². The molecule has 3 aliphatic carbocycles. The number of carbonyl (C=O) groups is 6. The Morgan fingerprint density at radius 3 is 1.10 bits per heavy atom. The van der Waals surface area contributed by atoms with Gasteiger partial charge in [0.25, 0.3) is 30.4 Å². The molecule has 0 unspecified atom stereocenters. The predicted octanol–water partition coefficient (Wildman–Crippen LogP) is 8.80. The number of ether oxygens (including phenoxy) is 1. The maximum Gasteiger partial charge on any atom is 0.296 e. The monoisotopic (exact) mass is 1830 g/mol. The van der Waals surface area contributed by atoms with Crippen molar-refractivity contribution in [1.82, 2.24) is 44.9 Å². The fourth-order valence-electron chi connectivity index (χ4n) is 14.5. The largest absolute Gasteiger partial charge is 0.397 e. The third-order valence-corrected chi connectivity index (χ3v) is 24.3. The fraction of sp³-hybridized carbons (Fsp3) is 0.378. The van der Waals surface area contributed by atoms with Crippen molar-refractivity contribution >= 4 is 152 Å². The second-order valence-electron chi connectivity index (χ2n) is 32.1. The number of hydrogen-bond acceptors (Lipinski definition) is 34. The topological polar surface area (TPSA) is 584 Å². The lowest BCUT2D eigenvalue weighted by atomic mass is 9.82.